The van der Waals surface area contributed by atoms with E-state index in [1.54, 1.807) is 11.8 Å². The normalized spacial score (nSPS) is 7.56. The second kappa shape index (κ2) is 10.9. The third-order valence-electron chi connectivity index (χ3n) is 0.663. The fourth-order valence-electron chi connectivity index (χ4n) is 0.269. The van der Waals surface area contributed by atoms with E-state index in [-0.39, 0.29) is 0 Å². The highest BCUT2D eigenvalue weighted by Gasteiger charge is 1.82. The van der Waals surface area contributed by atoms with Crippen LogP contribution in [0.25, 0.3) is 0 Å². The first-order valence-corrected chi connectivity index (χ1v) is 4.40. The Balaban J connectivity index is 0. The van der Waals surface area contributed by atoms with Crippen LogP contribution in [0, 0.1) is 0 Å². The standard InChI is InChI=1S/C5H11NS.C2H6/c1-5(7-3)4-6-2;1-2/h6H,1,4H2,2-3H3;1-2H3. The maximum Gasteiger partial charge on any atom is 0.0256 e. The van der Waals surface area contributed by atoms with Crippen molar-refractivity contribution in [2.75, 3.05) is 19.8 Å². The fourth-order valence-corrected chi connectivity index (χ4v) is 0.558. The molecule has 2 heteroatoms. The van der Waals surface area contributed by atoms with Crippen LogP contribution in [-0.2, 0) is 0 Å². The highest BCUT2D eigenvalue weighted by Crippen LogP contribution is 2.04. The lowest BCUT2D eigenvalue weighted by atomic mass is 10.6. The van der Waals surface area contributed by atoms with Crippen LogP contribution in [0.5, 0.6) is 0 Å². The maximum absolute atomic E-state index is 3.76. The summed E-state index contributed by atoms with van der Waals surface area (Å²) in [6.45, 7) is 8.68. The van der Waals surface area contributed by atoms with Crippen LogP contribution in [0.15, 0.2) is 11.5 Å². The molecule has 0 rings (SSSR count). The lowest BCUT2D eigenvalue weighted by Crippen LogP contribution is -2.07. The summed E-state index contributed by atoms with van der Waals surface area (Å²) in [7, 11) is 1.92. The van der Waals surface area contributed by atoms with Crippen molar-refractivity contribution in [3.05, 3.63) is 11.5 Å². The van der Waals surface area contributed by atoms with Crippen molar-refractivity contribution in [3.63, 3.8) is 0 Å². The van der Waals surface area contributed by atoms with E-state index in [0.717, 1.165) is 6.54 Å². The monoisotopic (exact) mass is 147 g/mol. The molecule has 0 saturated carbocycles. The lowest BCUT2D eigenvalue weighted by molar-refractivity contribution is 0.913. The topological polar surface area (TPSA) is 12.0 Å². The first-order chi connectivity index (χ1) is 4.31. The van der Waals surface area contributed by atoms with Crippen LogP contribution < -0.4 is 5.32 Å². The lowest BCUT2D eigenvalue weighted by Gasteiger charge is -1.96. The van der Waals surface area contributed by atoms with Gasteiger partial charge >= 0.3 is 0 Å². The Hall–Kier alpha value is 0.0500. The minimum Gasteiger partial charge on any atom is -0.315 e. The molecule has 0 unspecified atom stereocenters. The van der Waals surface area contributed by atoms with Gasteiger partial charge < -0.3 is 5.32 Å². The van der Waals surface area contributed by atoms with Gasteiger partial charge in [-0.15, -0.1) is 11.8 Å². The Kier molecular flexibility index (Phi) is 14.3. The molecule has 0 aliphatic heterocycles. The molecule has 0 amide bonds. The predicted octanol–water partition coefficient (Wildman–Crippen LogP) is 2.11. The fraction of sp³-hybridized carbons (Fsp3) is 0.714. The summed E-state index contributed by atoms with van der Waals surface area (Å²) < 4.78 is 0. The van der Waals surface area contributed by atoms with Gasteiger partial charge in [0, 0.05) is 6.54 Å². The van der Waals surface area contributed by atoms with E-state index in [2.05, 4.69) is 11.9 Å². The van der Waals surface area contributed by atoms with Crippen molar-refractivity contribution in [1.82, 2.24) is 5.32 Å². The van der Waals surface area contributed by atoms with E-state index in [0.29, 0.717) is 0 Å². The summed E-state index contributed by atoms with van der Waals surface area (Å²) in [5.41, 5.74) is 0. The third-order valence-corrected chi connectivity index (χ3v) is 1.38. The molecule has 1 N–H and O–H groups in total. The Morgan fingerprint density at radius 1 is 1.56 bits per heavy atom. The molecule has 0 aromatic rings. The summed E-state index contributed by atoms with van der Waals surface area (Å²) in [5, 5.41) is 3.00. The number of thioether (sulfide) groups is 1. The molecular weight excluding hydrogens is 130 g/mol. The molecule has 0 aliphatic rings. The number of rotatable bonds is 3. The smallest absolute Gasteiger partial charge is 0.0256 e. The third kappa shape index (κ3) is 11.6. The minimum absolute atomic E-state index is 0.918. The molecule has 0 atom stereocenters. The molecule has 0 spiro atoms. The van der Waals surface area contributed by atoms with E-state index in [4.69, 9.17) is 0 Å². The number of nitrogens with one attached hydrogen (secondary N) is 1. The Bertz CT molecular complexity index is 61.9. The van der Waals surface area contributed by atoms with Gasteiger partial charge in [0.15, 0.2) is 0 Å². The average Bonchev–Trinajstić information content (AvgIpc) is 1.93. The van der Waals surface area contributed by atoms with Crippen molar-refractivity contribution < 1.29 is 0 Å². The first-order valence-electron chi connectivity index (χ1n) is 3.17. The number of hydrogen-bond acceptors (Lipinski definition) is 2. The molecule has 0 heterocycles. The molecule has 0 aliphatic carbocycles. The second-order valence-corrected chi connectivity index (χ2v) is 2.26. The zero-order valence-corrected chi connectivity index (χ0v) is 7.64. The molecule has 9 heavy (non-hydrogen) atoms. The Morgan fingerprint density at radius 3 is 2.11 bits per heavy atom. The van der Waals surface area contributed by atoms with Gasteiger partial charge in [-0.25, -0.2) is 0 Å². The van der Waals surface area contributed by atoms with Gasteiger partial charge in [-0.05, 0) is 18.2 Å². The van der Waals surface area contributed by atoms with E-state index in [1.807, 2.05) is 27.2 Å². The quantitative estimate of drug-likeness (QED) is 0.656. The van der Waals surface area contributed by atoms with Crippen LogP contribution >= 0.6 is 11.8 Å². The highest BCUT2D eigenvalue weighted by atomic mass is 32.2. The van der Waals surface area contributed by atoms with E-state index in [9.17, 15) is 0 Å². The van der Waals surface area contributed by atoms with Gasteiger partial charge in [-0.1, -0.05) is 20.4 Å². The van der Waals surface area contributed by atoms with Crippen molar-refractivity contribution in [1.29, 1.82) is 0 Å². The summed E-state index contributed by atoms with van der Waals surface area (Å²) >= 11 is 1.69. The summed E-state index contributed by atoms with van der Waals surface area (Å²) in [4.78, 5) is 1.18. The Labute approximate surface area is 62.9 Å². The van der Waals surface area contributed by atoms with Gasteiger partial charge in [0.05, 0.1) is 0 Å². The van der Waals surface area contributed by atoms with Crippen molar-refractivity contribution in [2.45, 2.75) is 13.8 Å². The molecule has 0 saturated heterocycles. The summed E-state index contributed by atoms with van der Waals surface area (Å²) in [6, 6.07) is 0. The minimum atomic E-state index is 0.918. The number of hydrogen-bond donors (Lipinski definition) is 1. The van der Waals surface area contributed by atoms with E-state index < -0.39 is 0 Å². The van der Waals surface area contributed by atoms with Crippen molar-refractivity contribution >= 4 is 11.8 Å². The van der Waals surface area contributed by atoms with Crippen LogP contribution in [0.3, 0.4) is 0 Å². The molecule has 0 aromatic heterocycles. The van der Waals surface area contributed by atoms with Crippen molar-refractivity contribution in [2.24, 2.45) is 0 Å². The molecule has 0 aromatic carbocycles. The predicted molar refractivity (Wildman–Crippen MR) is 47.9 cm³/mol. The Morgan fingerprint density at radius 2 is 2.00 bits per heavy atom. The van der Waals surface area contributed by atoms with Gasteiger partial charge in [-0.3, -0.25) is 0 Å². The summed E-state index contributed by atoms with van der Waals surface area (Å²) in [6.07, 6.45) is 2.03. The highest BCUT2D eigenvalue weighted by molar-refractivity contribution is 8.02. The van der Waals surface area contributed by atoms with Crippen LogP contribution in [0.2, 0.25) is 0 Å². The van der Waals surface area contributed by atoms with E-state index >= 15 is 0 Å². The number of likely N-dealkylation sites (N-methyl/N-ethyl adjacent to an activating group) is 1. The molecule has 1 nitrogen and oxygen atoms in total. The van der Waals surface area contributed by atoms with Crippen LogP contribution in [0.1, 0.15) is 13.8 Å². The largest absolute Gasteiger partial charge is 0.315 e. The first kappa shape index (κ1) is 11.8. The zero-order valence-electron chi connectivity index (χ0n) is 6.82. The SMILES string of the molecule is C=C(CNC)SC.CC. The average molecular weight is 147 g/mol. The maximum atomic E-state index is 3.76. The molecular formula is C7H17NS. The van der Waals surface area contributed by atoms with Gasteiger partial charge in [-0.2, -0.15) is 0 Å². The molecule has 0 radical (unpaired) electrons. The van der Waals surface area contributed by atoms with Crippen LogP contribution in [0.4, 0.5) is 0 Å². The molecule has 0 bridgehead atoms. The molecule has 0 fully saturated rings. The van der Waals surface area contributed by atoms with E-state index in [1.165, 1.54) is 4.91 Å². The van der Waals surface area contributed by atoms with Gasteiger partial charge in [0.1, 0.15) is 0 Å². The zero-order chi connectivity index (χ0) is 7.70. The summed E-state index contributed by atoms with van der Waals surface area (Å²) in [5.74, 6) is 0. The second-order valence-electron chi connectivity index (χ2n) is 1.27. The van der Waals surface area contributed by atoms with Gasteiger partial charge in [0.25, 0.3) is 0 Å². The van der Waals surface area contributed by atoms with Crippen LogP contribution in [-0.4, -0.2) is 19.8 Å². The molecule has 56 valence electrons. The van der Waals surface area contributed by atoms with Crippen molar-refractivity contribution in [3.8, 4) is 0 Å². The van der Waals surface area contributed by atoms with Gasteiger partial charge in [0.2, 0.25) is 0 Å².